The Morgan fingerprint density at radius 1 is 1.35 bits per heavy atom. The second-order valence-corrected chi connectivity index (χ2v) is 5.33. The summed E-state index contributed by atoms with van der Waals surface area (Å²) < 4.78 is 15.0. The highest BCUT2D eigenvalue weighted by molar-refractivity contribution is 6.31. The first-order valence-corrected chi connectivity index (χ1v) is 7.56. The van der Waals surface area contributed by atoms with Gasteiger partial charge in [-0.2, -0.15) is 0 Å². The molecular weight excluding hydrogens is 324 g/mol. The summed E-state index contributed by atoms with van der Waals surface area (Å²) in [6.45, 7) is 3.74. The average Bonchev–Trinajstić information content (AvgIpc) is 2.50. The number of carbonyl (C=O) groups is 2. The van der Waals surface area contributed by atoms with E-state index >= 15 is 0 Å². The fraction of sp³-hybridized carbons (Fsp3) is 0.500. The van der Waals surface area contributed by atoms with E-state index in [1.165, 1.54) is 7.11 Å². The van der Waals surface area contributed by atoms with Crippen LogP contribution >= 0.6 is 11.6 Å². The highest BCUT2D eigenvalue weighted by Gasteiger charge is 2.28. The number of ether oxygens (including phenoxy) is 3. The first-order valence-electron chi connectivity index (χ1n) is 7.19. The molecule has 128 valence electrons. The van der Waals surface area contributed by atoms with Crippen molar-refractivity contribution in [2.24, 2.45) is 5.92 Å². The summed E-state index contributed by atoms with van der Waals surface area (Å²) in [5.74, 6) is -3.23. The summed E-state index contributed by atoms with van der Waals surface area (Å²) in [7, 11) is 1.53. The Kier molecular flexibility index (Phi) is 8.02. The number of hydrogen-bond donors (Lipinski definition) is 1. The second kappa shape index (κ2) is 9.50. The van der Waals surface area contributed by atoms with Crippen molar-refractivity contribution in [3.63, 3.8) is 0 Å². The minimum Gasteiger partial charge on any atom is -0.481 e. The predicted octanol–water partition coefficient (Wildman–Crippen LogP) is 2.83. The monoisotopic (exact) mass is 344 g/mol. The van der Waals surface area contributed by atoms with E-state index in [1.807, 2.05) is 6.92 Å². The lowest BCUT2D eigenvalue weighted by Crippen LogP contribution is -2.28. The van der Waals surface area contributed by atoms with Crippen LogP contribution in [0.25, 0.3) is 0 Å². The van der Waals surface area contributed by atoms with Gasteiger partial charge in [0.1, 0.15) is 6.79 Å². The third-order valence-electron chi connectivity index (χ3n) is 3.25. The molecule has 2 atom stereocenters. The Balaban J connectivity index is 2.87. The number of rotatable bonds is 9. The molecule has 0 aliphatic heterocycles. The van der Waals surface area contributed by atoms with Crippen LogP contribution in [0, 0.1) is 5.92 Å². The maximum atomic E-state index is 11.7. The van der Waals surface area contributed by atoms with Crippen molar-refractivity contribution in [3.05, 3.63) is 34.3 Å². The largest absolute Gasteiger partial charge is 0.481 e. The fourth-order valence-electron chi connectivity index (χ4n) is 2.04. The lowest BCUT2D eigenvalue weighted by molar-refractivity contribution is -0.158. The predicted molar refractivity (Wildman–Crippen MR) is 84.3 cm³/mol. The summed E-state index contributed by atoms with van der Waals surface area (Å²) in [5, 5.41) is 9.62. The molecule has 23 heavy (non-hydrogen) atoms. The van der Waals surface area contributed by atoms with Crippen LogP contribution < -0.4 is 0 Å². The Hall–Kier alpha value is -1.63. The number of carboxylic acids is 1. The number of aliphatic carboxylic acids is 1. The maximum absolute atomic E-state index is 11.7. The van der Waals surface area contributed by atoms with E-state index in [1.54, 1.807) is 25.1 Å². The summed E-state index contributed by atoms with van der Waals surface area (Å²) in [5.41, 5.74) is 1.40. The molecule has 1 rings (SSSR count). The Morgan fingerprint density at radius 2 is 2.04 bits per heavy atom. The van der Waals surface area contributed by atoms with E-state index in [9.17, 15) is 14.7 Å². The van der Waals surface area contributed by atoms with Gasteiger partial charge in [-0.1, -0.05) is 23.7 Å². The third kappa shape index (κ3) is 5.82. The molecule has 1 aromatic carbocycles. The van der Waals surface area contributed by atoms with Crippen LogP contribution in [0.1, 0.15) is 31.1 Å². The fourth-order valence-corrected chi connectivity index (χ4v) is 2.39. The van der Waals surface area contributed by atoms with Crippen LogP contribution in [-0.4, -0.2) is 37.6 Å². The van der Waals surface area contributed by atoms with Crippen molar-refractivity contribution >= 4 is 23.5 Å². The standard InChI is InChI=1S/C16H21ClO6/c1-4-22-16(20)13(15(18)19)7-11-5-6-12(14(17)8-11)10(2)23-9-21-3/h5-6,8,10,13H,4,7,9H2,1-3H3,(H,18,19)/t10-,13?/m0/s1. The molecule has 0 fully saturated rings. The lowest BCUT2D eigenvalue weighted by atomic mass is 9.97. The molecule has 1 aromatic rings. The third-order valence-corrected chi connectivity index (χ3v) is 3.58. The molecule has 6 nitrogen and oxygen atoms in total. The van der Waals surface area contributed by atoms with Gasteiger partial charge < -0.3 is 19.3 Å². The van der Waals surface area contributed by atoms with Crippen LogP contribution in [0.15, 0.2) is 18.2 Å². The zero-order valence-corrected chi connectivity index (χ0v) is 14.1. The molecule has 0 saturated heterocycles. The molecule has 1 unspecified atom stereocenters. The second-order valence-electron chi connectivity index (χ2n) is 4.92. The molecule has 0 heterocycles. The Labute approximate surface area is 140 Å². The van der Waals surface area contributed by atoms with Gasteiger partial charge in [-0.05, 0) is 37.5 Å². The quantitative estimate of drug-likeness (QED) is 0.421. The van der Waals surface area contributed by atoms with E-state index in [2.05, 4.69) is 0 Å². The zero-order valence-electron chi connectivity index (χ0n) is 13.4. The van der Waals surface area contributed by atoms with E-state index in [4.69, 9.17) is 25.8 Å². The molecule has 1 N–H and O–H groups in total. The topological polar surface area (TPSA) is 82.1 Å². The van der Waals surface area contributed by atoms with Crippen molar-refractivity contribution in [2.45, 2.75) is 26.4 Å². The minimum atomic E-state index is -1.25. The number of carbonyl (C=O) groups excluding carboxylic acids is 1. The van der Waals surface area contributed by atoms with Gasteiger partial charge in [-0.15, -0.1) is 0 Å². The normalized spacial score (nSPS) is 13.4. The van der Waals surface area contributed by atoms with Crippen LogP contribution in [0.5, 0.6) is 0 Å². The number of hydrogen-bond acceptors (Lipinski definition) is 5. The van der Waals surface area contributed by atoms with Gasteiger partial charge in [0.15, 0.2) is 5.92 Å². The van der Waals surface area contributed by atoms with Crippen LogP contribution in [0.3, 0.4) is 0 Å². The van der Waals surface area contributed by atoms with Gasteiger partial charge in [0.05, 0.1) is 12.7 Å². The summed E-state index contributed by atoms with van der Waals surface area (Å²) in [6, 6.07) is 5.11. The number of carboxylic acid groups (broad SMARTS) is 1. The molecule has 0 aromatic heterocycles. The molecule has 7 heteroatoms. The minimum absolute atomic E-state index is 0.0154. The van der Waals surface area contributed by atoms with E-state index < -0.39 is 17.9 Å². The summed E-state index contributed by atoms with van der Waals surface area (Å²) >= 11 is 6.22. The molecule has 0 bridgehead atoms. The van der Waals surface area contributed by atoms with Crippen molar-refractivity contribution in [3.8, 4) is 0 Å². The van der Waals surface area contributed by atoms with Gasteiger partial charge >= 0.3 is 11.9 Å². The maximum Gasteiger partial charge on any atom is 0.320 e. The number of benzene rings is 1. The number of methoxy groups -OCH3 is 1. The van der Waals surface area contributed by atoms with E-state index in [0.717, 1.165) is 5.56 Å². The van der Waals surface area contributed by atoms with Crippen molar-refractivity contribution < 1.29 is 28.9 Å². The summed E-state index contributed by atoms with van der Waals surface area (Å²) in [4.78, 5) is 22.9. The van der Waals surface area contributed by atoms with Crippen molar-refractivity contribution in [1.82, 2.24) is 0 Å². The van der Waals surface area contributed by atoms with Gasteiger partial charge in [0.2, 0.25) is 0 Å². The zero-order chi connectivity index (χ0) is 17.4. The molecule has 0 saturated carbocycles. The van der Waals surface area contributed by atoms with Crippen LogP contribution in [-0.2, 0) is 30.2 Å². The Bertz CT molecular complexity index is 545. The van der Waals surface area contributed by atoms with E-state index in [-0.39, 0.29) is 25.9 Å². The molecular formula is C16H21ClO6. The molecule has 0 amide bonds. The Morgan fingerprint density at radius 3 is 2.57 bits per heavy atom. The average molecular weight is 345 g/mol. The first kappa shape index (κ1) is 19.4. The lowest BCUT2D eigenvalue weighted by Gasteiger charge is -2.16. The SMILES string of the molecule is CCOC(=O)C(Cc1ccc([C@H](C)OCOC)c(Cl)c1)C(=O)O. The number of halogens is 1. The van der Waals surface area contributed by atoms with Gasteiger partial charge in [0.25, 0.3) is 0 Å². The summed E-state index contributed by atoms with van der Waals surface area (Å²) in [6.07, 6.45) is -0.251. The van der Waals surface area contributed by atoms with Crippen LogP contribution in [0.2, 0.25) is 5.02 Å². The van der Waals surface area contributed by atoms with Gasteiger partial charge in [-0.25, -0.2) is 0 Å². The van der Waals surface area contributed by atoms with Crippen LogP contribution in [0.4, 0.5) is 0 Å². The highest BCUT2D eigenvalue weighted by Crippen LogP contribution is 2.27. The highest BCUT2D eigenvalue weighted by atomic mass is 35.5. The van der Waals surface area contributed by atoms with Gasteiger partial charge in [-0.3, -0.25) is 9.59 Å². The smallest absolute Gasteiger partial charge is 0.320 e. The van der Waals surface area contributed by atoms with Crippen molar-refractivity contribution in [2.75, 3.05) is 20.5 Å². The molecule has 0 aliphatic rings. The molecule has 0 spiro atoms. The first-order chi connectivity index (χ1) is 10.9. The molecule has 0 radical (unpaired) electrons. The van der Waals surface area contributed by atoms with Gasteiger partial charge in [0, 0.05) is 12.1 Å². The van der Waals surface area contributed by atoms with Crippen molar-refractivity contribution in [1.29, 1.82) is 0 Å². The van der Waals surface area contributed by atoms with E-state index in [0.29, 0.717) is 10.6 Å². The molecule has 0 aliphatic carbocycles. The number of esters is 1.